The van der Waals surface area contributed by atoms with E-state index in [1.165, 1.54) is 54.6 Å². The fraction of sp³-hybridized carbons (Fsp3) is 0.139. The molecule has 10 aromatic carbocycles. The number of benzene rings is 10. The van der Waals surface area contributed by atoms with Crippen LogP contribution in [0.5, 0.6) is 0 Å². The Labute approximate surface area is 717 Å². The van der Waals surface area contributed by atoms with Crippen LogP contribution in [0.15, 0.2) is 273 Å². The molecule has 15 rings (SSSR count). The Morgan fingerprint density at radius 1 is 0.537 bits per heavy atom. The molecule has 9 N–H and O–H groups in total. The van der Waals surface area contributed by atoms with Gasteiger partial charge in [0.15, 0.2) is 19.7 Å². The highest BCUT2D eigenvalue weighted by Gasteiger charge is 2.23. The van der Waals surface area contributed by atoms with E-state index < -0.39 is 57.3 Å². The number of carboxylic acids is 1. The summed E-state index contributed by atoms with van der Waals surface area (Å²) in [5.74, 6) is -1.27. The summed E-state index contributed by atoms with van der Waals surface area (Å²) in [4.78, 5) is 24.4. The average molecular weight is 1870 g/mol. The first-order valence-corrected chi connectivity index (χ1v) is 44.7. The normalized spacial score (nSPS) is 11.4. The standard InChI is InChI=1S/C20H25N5O2S.C15H13ClN4O2S2.C15H11FN4O4S.C15H13N5O.C13H10IN5O2S.CH4/c1-3-12-21-16(2)15-17-4-6-18(7-5-17)23-28(26,27)20-10-8-19(9-11-20)25-14-13-22-24-25;1-23-11-4-2-10(3-5-11)9-24(21,22)12-6-7-14(16)13(8-12)15-17-19-20-18-15;16-13-5-4-11(7-12(13)14-17-19-20-18-14)25(23,24)8-9-2-1-3-10(6-9)15(21)22;21-14(16-13-4-2-1-3-5-13)10-11-6-8-12(9-7-11)15-17-19-20-18-15;14-10-2-1-3-11(8-10)17-22(20,21)12-6-4-9(5-7-12)13-15-18-19-16-13;/h4-11,13-14,16,21,23H,3,12,15H2,1-2H3;2-8H,9H2,1H3,(H,17,18,19,20);1-7H,8H2,(H,21,22)(H,17,18,19,20);1-9H,10H2,(H,16,21)(H,17,18,19,20);1-8,17H,(H,15,16,18,19);1H4. The minimum atomic E-state index is -3.83. The quantitative estimate of drug-likeness (QED) is 0.0131. The molecule has 0 aliphatic heterocycles. The third-order valence-corrected chi connectivity index (χ3v) is 24.9. The fourth-order valence-electron chi connectivity index (χ4n) is 11.1. The summed E-state index contributed by atoms with van der Waals surface area (Å²) in [6.45, 7) is 5.28. The van der Waals surface area contributed by atoms with Crippen LogP contribution in [-0.2, 0) is 68.9 Å². The van der Waals surface area contributed by atoms with Crippen molar-refractivity contribution in [2.24, 2.45) is 0 Å². The lowest BCUT2D eigenvalue weighted by molar-refractivity contribution is -0.115. The van der Waals surface area contributed by atoms with E-state index in [4.69, 9.17) is 16.7 Å². The highest BCUT2D eigenvalue weighted by Crippen LogP contribution is 2.31. The van der Waals surface area contributed by atoms with Gasteiger partial charge in [-0.25, -0.2) is 47.5 Å². The first kappa shape index (κ1) is 90.5. The molecule has 0 fully saturated rings. The van der Waals surface area contributed by atoms with E-state index in [1.807, 2.05) is 103 Å². The van der Waals surface area contributed by atoms with E-state index in [0.717, 1.165) is 79.7 Å². The predicted molar refractivity (Wildman–Crippen MR) is 462 cm³/mol. The molecule has 0 saturated heterocycles. The van der Waals surface area contributed by atoms with E-state index in [0.29, 0.717) is 57.2 Å². The molecule has 121 heavy (non-hydrogen) atoms. The third-order valence-electron chi connectivity index (χ3n) is 17.0. The molecule has 42 heteroatoms. The average Bonchev–Trinajstić information content (AvgIpc) is 1.78. The molecule has 1 unspecified atom stereocenters. The Kier molecular flexibility index (Phi) is 32.0. The molecule has 0 spiro atoms. The van der Waals surface area contributed by atoms with Crippen LogP contribution in [0.25, 0.3) is 51.2 Å². The SMILES string of the molecule is C.CCCNC(C)Cc1ccc(NS(=O)(=O)c2ccc(-n3ccnn3)cc2)cc1.CSc1ccc(CS(=O)(=O)c2ccc(Cl)c(-c3nn[nH]n3)c2)cc1.O=C(Cc1ccc(-c2nn[nH]n2)cc1)Nc1ccccc1.O=C(O)c1cccc(CS(=O)(=O)c2ccc(F)c(-c3nn[nH]n3)c2)c1.O=S(=O)(Nc1cccc(I)c1)c1ccc(-c2nn[nH]n2)cc1. The van der Waals surface area contributed by atoms with Gasteiger partial charge in [0.1, 0.15) is 5.82 Å². The molecule has 0 aliphatic carbocycles. The molecule has 15 aromatic rings. The number of aromatic amines is 4. The number of sulfonamides is 2. The molecule has 1 atom stereocenters. The highest BCUT2D eigenvalue weighted by atomic mass is 127. The molecule has 34 nitrogen and oxygen atoms in total. The Hall–Kier alpha value is -12.8. The van der Waals surface area contributed by atoms with Crippen molar-refractivity contribution in [1.82, 2.24) is 103 Å². The van der Waals surface area contributed by atoms with E-state index in [1.54, 1.807) is 95.6 Å². The number of thioether (sulfide) groups is 1. The maximum Gasteiger partial charge on any atom is 0.335 e. The smallest absolute Gasteiger partial charge is 0.335 e. The minimum absolute atomic E-state index is 0. The number of nitrogens with zero attached hydrogens (tertiary/aromatic N) is 15. The molecule has 1 amide bonds. The largest absolute Gasteiger partial charge is 0.478 e. The van der Waals surface area contributed by atoms with Gasteiger partial charge in [-0.1, -0.05) is 116 Å². The molecule has 5 aromatic heterocycles. The number of nitrogens with one attached hydrogen (secondary N) is 8. The number of amides is 1. The fourth-order valence-corrected chi connectivity index (χ4v) is 17.1. The number of hydrogen-bond acceptors (Lipinski definition) is 26. The zero-order chi connectivity index (χ0) is 85.2. The van der Waals surface area contributed by atoms with Crippen LogP contribution in [0.3, 0.4) is 0 Å². The highest BCUT2D eigenvalue weighted by molar-refractivity contribution is 14.1. The second kappa shape index (κ2) is 42.7. The van der Waals surface area contributed by atoms with Crippen molar-refractivity contribution >= 4 is 115 Å². The number of tetrazole rings is 4. The molecular weight excluding hydrogens is 1790 g/mol. The van der Waals surface area contributed by atoms with Gasteiger partial charge in [0.05, 0.1) is 71.7 Å². The second-order valence-electron chi connectivity index (χ2n) is 25.7. The number of para-hydroxylation sites is 1. The predicted octanol–water partition coefficient (Wildman–Crippen LogP) is 12.8. The lowest BCUT2D eigenvalue weighted by Gasteiger charge is -2.14. The van der Waals surface area contributed by atoms with Gasteiger partial charge in [-0.05, 0) is 250 Å². The van der Waals surface area contributed by atoms with Gasteiger partial charge < -0.3 is 15.7 Å². The van der Waals surface area contributed by atoms with Crippen LogP contribution < -0.4 is 20.1 Å². The van der Waals surface area contributed by atoms with Crippen LogP contribution in [0.2, 0.25) is 5.02 Å². The van der Waals surface area contributed by atoms with Crippen LogP contribution in [0.4, 0.5) is 21.5 Å². The van der Waals surface area contributed by atoms with Crippen LogP contribution in [-0.4, -0.2) is 167 Å². The van der Waals surface area contributed by atoms with Crippen LogP contribution in [0, 0.1) is 9.39 Å². The topological polar surface area (TPSA) is 488 Å². The Morgan fingerprint density at radius 3 is 1.59 bits per heavy atom. The van der Waals surface area contributed by atoms with Gasteiger partial charge in [0.2, 0.25) is 29.2 Å². The lowest BCUT2D eigenvalue weighted by atomic mass is 10.1. The number of carbonyl (C=O) groups excluding carboxylic acids is 1. The van der Waals surface area contributed by atoms with E-state index in [2.05, 4.69) is 149 Å². The third kappa shape index (κ3) is 26.4. The van der Waals surface area contributed by atoms with Gasteiger partial charge in [-0.2, -0.15) is 20.9 Å². The van der Waals surface area contributed by atoms with Crippen molar-refractivity contribution in [3.63, 3.8) is 0 Å². The number of aromatic carboxylic acids is 1. The number of H-pyrrole nitrogens is 4. The van der Waals surface area contributed by atoms with Gasteiger partial charge >= 0.3 is 5.97 Å². The lowest BCUT2D eigenvalue weighted by Crippen LogP contribution is -2.28. The Balaban J connectivity index is 0.000000159. The number of carboxylic acid groups (broad SMARTS) is 1. The van der Waals surface area contributed by atoms with Crippen molar-refractivity contribution in [2.45, 2.75) is 82.6 Å². The van der Waals surface area contributed by atoms with Crippen molar-refractivity contribution in [1.29, 1.82) is 0 Å². The maximum absolute atomic E-state index is 13.9. The number of hydrogen-bond donors (Lipinski definition) is 9. The van der Waals surface area contributed by atoms with Crippen molar-refractivity contribution in [3.05, 3.63) is 291 Å². The molecule has 0 saturated carbocycles. The summed E-state index contributed by atoms with van der Waals surface area (Å²) >= 11 is 9.84. The van der Waals surface area contributed by atoms with Crippen molar-refractivity contribution < 1.29 is 52.8 Å². The second-order valence-corrected chi connectivity index (χ2v) is 35.6. The molecule has 624 valence electrons. The van der Waals surface area contributed by atoms with Gasteiger partial charge in [0, 0.05) is 48.3 Å². The summed E-state index contributed by atoms with van der Waals surface area (Å²) in [7, 11) is -14.6. The molecule has 5 heterocycles. The summed E-state index contributed by atoms with van der Waals surface area (Å²) in [5, 5.41) is 76.8. The maximum atomic E-state index is 13.9. The first-order valence-electron chi connectivity index (χ1n) is 35.8. The zero-order valence-electron chi connectivity index (χ0n) is 63.4. The minimum Gasteiger partial charge on any atom is -0.478 e. The monoisotopic (exact) mass is 1860 g/mol. The van der Waals surface area contributed by atoms with Crippen molar-refractivity contribution in [2.75, 3.05) is 27.6 Å². The number of rotatable bonds is 27. The van der Waals surface area contributed by atoms with Crippen molar-refractivity contribution in [3.8, 4) is 51.2 Å². The number of sulfone groups is 2. The van der Waals surface area contributed by atoms with Crippen LogP contribution >= 0.6 is 46.0 Å². The van der Waals surface area contributed by atoms with E-state index in [9.17, 15) is 47.7 Å². The van der Waals surface area contributed by atoms with E-state index in [-0.39, 0.29) is 61.4 Å². The summed E-state index contributed by atoms with van der Waals surface area (Å²) in [6.07, 6.45) is 7.56. The van der Waals surface area contributed by atoms with Gasteiger partial charge in [-0.15, -0.1) is 57.7 Å². The Morgan fingerprint density at radius 2 is 1.04 bits per heavy atom. The van der Waals surface area contributed by atoms with Gasteiger partial charge in [-0.3, -0.25) is 14.2 Å². The first-order chi connectivity index (χ1) is 57.7. The van der Waals surface area contributed by atoms with Gasteiger partial charge in [0.25, 0.3) is 20.0 Å². The summed E-state index contributed by atoms with van der Waals surface area (Å²) in [5.41, 5.74) is 7.57. The summed E-state index contributed by atoms with van der Waals surface area (Å²) in [6, 6.07) is 65.5. The molecule has 0 aliphatic rings. The molecule has 0 radical (unpaired) electrons. The van der Waals surface area contributed by atoms with Crippen LogP contribution in [0.1, 0.15) is 60.3 Å². The molecular formula is C79H76ClFIN23O11S5. The van der Waals surface area contributed by atoms with E-state index >= 15 is 0 Å². The number of aromatic nitrogens is 19. The number of carbonyl (C=O) groups is 2. The Bertz CT molecular complexity index is 6340. The zero-order valence-corrected chi connectivity index (χ0v) is 70.4. The number of halogens is 3. The summed E-state index contributed by atoms with van der Waals surface area (Å²) < 4.78 is 122. The molecule has 0 bridgehead atoms. The number of anilines is 3.